The van der Waals surface area contributed by atoms with Crippen molar-refractivity contribution in [2.45, 2.75) is 76.4 Å². The van der Waals surface area contributed by atoms with Gasteiger partial charge in [-0.2, -0.15) is 0 Å². The predicted octanol–water partition coefficient (Wildman–Crippen LogP) is 3.63. The van der Waals surface area contributed by atoms with Crippen LogP contribution in [0.1, 0.15) is 53.9 Å². The molecule has 3 aromatic rings. The molecule has 29 heavy (non-hydrogen) atoms. The number of unbranched alkanes of at least 4 members (excludes halogenated alkanes) is 1. The highest BCUT2D eigenvalue weighted by Gasteiger charge is 2.25. The van der Waals surface area contributed by atoms with Gasteiger partial charge in [-0.3, -0.25) is 18.6 Å². The number of fused-ring (bicyclic) bond motifs is 3. The Morgan fingerprint density at radius 1 is 1.24 bits per heavy atom. The van der Waals surface area contributed by atoms with Crippen LogP contribution in [-0.2, 0) is 11.3 Å². The second kappa shape index (κ2) is 8.57. The Morgan fingerprint density at radius 2 is 1.97 bits per heavy atom. The molecule has 8 heteroatoms. The molecule has 0 fully saturated rings. The van der Waals surface area contributed by atoms with E-state index in [0.29, 0.717) is 22.9 Å². The number of carbonyl (C=O) groups is 1. The zero-order valence-corrected chi connectivity index (χ0v) is 18.5. The van der Waals surface area contributed by atoms with E-state index in [1.165, 1.54) is 11.8 Å². The molecule has 7 nitrogen and oxygen atoms in total. The van der Waals surface area contributed by atoms with E-state index in [9.17, 15) is 9.59 Å². The van der Waals surface area contributed by atoms with Gasteiger partial charge in [0.05, 0.1) is 16.2 Å². The number of rotatable bonds is 8. The third-order valence-corrected chi connectivity index (χ3v) is 6.25. The van der Waals surface area contributed by atoms with Crippen LogP contribution in [-0.4, -0.2) is 35.9 Å². The molecule has 1 N–H and O–H groups in total. The average molecular weight is 416 g/mol. The molecule has 2 heterocycles. The molecule has 0 saturated carbocycles. The maximum atomic E-state index is 13.0. The Hall–Kier alpha value is -2.35. The van der Waals surface area contributed by atoms with Gasteiger partial charge in [-0.25, -0.2) is 0 Å². The van der Waals surface area contributed by atoms with E-state index in [0.717, 1.165) is 24.8 Å². The van der Waals surface area contributed by atoms with Crippen LogP contribution in [0.5, 0.6) is 0 Å². The first kappa shape index (κ1) is 21.4. The second-order valence-electron chi connectivity index (χ2n) is 7.93. The number of aryl methyl sites for hydroxylation is 1. The van der Waals surface area contributed by atoms with Gasteiger partial charge in [0.15, 0.2) is 5.16 Å². The van der Waals surface area contributed by atoms with Crippen molar-refractivity contribution in [3.63, 3.8) is 0 Å². The fraction of sp³-hybridized carbons (Fsp3) is 0.524. The first-order valence-electron chi connectivity index (χ1n) is 10.1. The minimum absolute atomic E-state index is 0.0396. The number of nitrogens with zero attached hydrogens (tertiary/aromatic N) is 4. The fourth-order valence-electron chi connectivity index (χ4n) is 3.06. The molecule has 0 aliphatic heterocycles. The summed E-state index contributed by atoms with van der Waals surface area (Å²) in [7, 11) is 0. The van der Waals surface area contributed by atoms with Crippen LogP contribution in [0.25, 0.3) is 16.7 Å². The number of hydrogen-bond acceptors (Lipinski definition) is 5. The van der Waals surface area contributed by atoms with E-state index in [2.05, 4.69) is 22.4 Å². The molecular weight excluding hydrogens is 386 g/mol. The van der Waals surface area contributed by atoms with Crippen LogP contribution in [0.15, 0.2) is 34.2 Å². The largest absolute Gasteiger partial charge is 0.350 e. The van der Waals surface area contributed by atoms with Crippen LogP contribution >= 0.6 is 11.8 Å². The number of benzene rings is 1. The van der Waals surface area contributed by atoms with Crippen LogP contribution < -0.4 is 10.9 Å². The van der Waals surface area contributed by atoms with Crippen molar-refractivity contribution in [2.24, 2.45) is 0 Å². The summed E-state index contributed by atoms with van der Waals surface area (Å²) in [5.74, 6) is 0.480. The van der Waals surface area contributed by atoms with Gasteiger partial charge in [0.1, 0.15) is 0 Å². The molecule has 0 saturated heterocycles. The minimum Gasteiger partial charge on any atom is -0.350 e. The highest BCUT2D eigenvalue weighted by molar-refractivity contribution is 8.00. The van der Waals surface area contributed by atoms with E-state index in [1.54, 1.807) is 4.57 Å². The Balaban J connectivity index is 2.05. The summed E-state index contributed by atoms with van der Waals surface area (Å²) in [4.78, 5) is 25.6. The van der Waals surface area contributed by atoms with Gasteiger partial charge in [0, 0.05) is 12.1 Å². The number of hydrogen-bond donors (Lipinski definition) is 1. The van der Waals surface area contributed by atoms with Gasteiger partial charge in [0.2, 0.25) is 11.7 Å². The van der Waals surface area contributed by atoms with Crippen LogP contribution in [0.2, 0.25) is 0 Å². The SMILES string of the molecule is CCCCn1c(=O)c2ccccc2n2c(SC(C)C(=O)NC(C)(C)CC)nnc12. The molecule has 1 aromatic carbocycles. The predicted molar refractivity (Wildman–Crippen MR) is 117 cm³/mol. The molecule has 0 bridgehead atoms. The van der Waals surface area contributed by atoms with Crippen molar-refractivity contribution < 1.29 is 4.79 Å². The van der Waals surface area contributed by atoms with Crippen molar-refractivity contribution >= 4 is 34.3 Å². The Morgan fingerprint density at radius 3 is 2.66 bits per heavy atom. The Kier molecular flexibility index (Phi) is 6.31. The van der Waals surface area contributed by atoms with Crippen molar-refractivity contribution in [1.29, 1.82) is 0 Å². The molecule has 0 radical (unpaired) electrons. The Bertz CT molecular complexity index is 1090. The molecule has 0 aliphatic rings. The molecule has 1 amide bonds. The lowest BCUT2D eigenvalue weighted by Crippen LogP contribution is -2.46. The molecule has 1 unspecified atom stereocenters. The number of nitrogens with one attached hydrogen (secondary N) is 1. The number of aromatic nitrogens is 4. The molecular formula is C21H29N5O2S. The highest BCUT2D eigenvalue weighted by atomic mass is 32.2. The van der Waals surface area contributed by atoms with E-state index in [4.69, 9.17) is 0 Å². The summed E-state index contributed by atoms with van der Waals surface area (Å²) >= 11 is 1.35. The van der Waals surface area contributed by atoms with Crippen molar-refractivity contribution in [3.05, 3.63) is 34.6 Å². The lowest BCUT2D eigenvalue weighted by molar-refractivity contribution is -0.121. The van der Waals surface area contributed by atoms with E-state index >= 15 is 0 Å². The highest BCUT2D eigenvalue weighted by Crippen LogP contribution is 2.25. The number of amides is 1. The maximum absolute atomic E-state index is 13.0. The monoisotopic (exact) mass is 415 g/mol. The zero-order chi connectivity index (χ0) is 21.2. The summed E-state index contributed by atoms with van der Waals surface area (Å²) < 4.78 is 3.58. The maximum Gasteiger partial charge on any atom is 0.262 e. The van der Waals surface area contributed by atoms with Gasteiger partial charge in [-0.05, 0) is 45.7 Å². The summed E-state index contributed by atoms with van der Waals surface area (Å²) in [6.07, 6.45) is 2.71. The normalized spacial score (nSPS) is 13.1. The molecule has 3 rings (SSSR count). The third kappa shape index (κ3) is 4.32. The molecule has 156 valence electrons. The fourth-order valence-corrected chi connectivity index (χ4v) is 3.92. The lowest BCUT2D eigenvalue weighted by Gasteiger charge is -2.26. The summed E-state index contributed by atoms with van der Waals surface area (Å²) in [5, 5.41) is 12.6. The number of para-hydroxylation sites is 1. The zero-order valence-electron chi connectivity index (χ0n) is 17.7. The standard InChI is InChI=1S/C21H29N5O2S/c1-6-8-13-25-18(28)15-11-9-10-12-16(15)26-19(25)23-24-20(26)29-14(3)17(27)22-21(4,5)7-2/h9-12,14H,6-8,13H2,1-5H3,(H,22,27). The molecule has 1 atom stereocenters. The average Bonchev–Trinajstić information content (AvgIpc) is 3.11. The van der Waals surface area contributed by atoms with Crippen molar-refractivity contribution in [1.82, 2.24) is 24.5 Å². The first-order valence-corrected chi connectivity index (χ1v) is 11.0. The minimum atomic E-state index is -0.344. The number of thioether (sulfide) groups is 1. The smallest absolute Gasteiger partial charge is 0.262 e. The van der Waals surface area contributed by atoms with E-state index in [-0.39, 0.29) is 22.3 Å². The van der Waals surface area contributed by atoms with Crippen molar-refractivity contribution in [3.8, 4) is 0 Å². The quantitative estimate of drug-likeness (QED) is 0.568. The second-order valence-corrected chi connectivity index (χ2v) is 9.24. The van der Waals surface area contributed by atoms with Gasteiger partial charge >= 0.3 is 0 Å². The van der Waals surface area contributed by atoms with Crippen LogP contribution in [0, 0.1) is 0 Å². The van der Waals surface area contributed by atoms with Gasteiger partial charge < -0.3 is 5.32 Å². The summed E-state index contributed by atoms with van der Waals surface area (Å²) in [6, 6.07) is 7.48. The Labute approximate surface area is 174 Å². The third-order valence-electron chi connectivity index (χ3n) is 5.21. The van der Waals surface area contributed by atoms with E-state index in [1.807, 2.05) is 56.4 Å². The first-order chi connectivity index (χ1) is 13.8. The molecule has 2 aromatic heterocycles. The molecule has 0 aliphatic carbocycles. The lowest BCUT2D eigenvalue weighted by atomic mass is 10.0. The van der Waals surface area contributed by atoms with Gasteiger partial charge in [0.25, 0.3) is 5.56 Å². The van der Waals surface area contributed by atoms with Crippen LogP contribution in [0.3, 0.4) is 0 Å². The summed E-state index contributed by atoms with van der Waals surface area (Å²) in [6.45, 7) is 10.6. The van der Waals surface area contributed by atoms with Crippen LogP contribution in [0.4, 0.5) is 0 Å². The number of carbonyl (C=O) groups excluding carboxylic acids is 1. The van der Waals surface area contributed by atoms with E-state index < -0.39 is 0 Å². The topological polar surface area (TPSA) is 81.3 Å². The van der Waals surface area contributed by atoms with Gasteiger partial charge in [-0.1, -0.05) is 44.2 Å². The summed E-state index contributed by atoms with van der Waals surface area (Å²) in [5.41, 5.74) is 0.446. The van der Waals surface area contributed by atoms with Gasteiger partial charge in [-0.15, -0.1) is 10.2 Å². The molecule has 0 spiro atoms. The van der Waals surface area contributed by atoms with Crippen molar-refractivity contribution in [2.75, 3.05) is 0 Å².